The molecule has 0 bridgehead atoms. The van der Waals surface area contributed by atoms with E-state index < -0.39 is 5.60 Å². The first-order valence-corrected chi connectivity index (χ1v) is 7.38. The van der Waals surface area contributed by atoms with Gasteiger partial charge in [0, 0.05) is 20.2 Å². The van der Waals surface area contributed by atoms with E-state index in [1.807, 2.05) is 36.9 Å². The highest BCUT2D eigenvalue weighted by atomic mass is 16.5. The number of aromatic amines is 1. The number of carbonyl (C=O) groups excluding carboxylic acids is 1. The normalized spacial score (nSPS) is 21.2. The molecule has 6 heteroatoms. The molecular weight excluding hydrogens is 282 g/mol. The fourth-order valence-electron chi connectivity index (χ4n) is 3.03. The molecule has 1 aromatic carbocycles. The van der Waals surface area contributed by atoms with Crippen LogP contribution < -0.4 is 0 Å². The highest BCUT2D eigenvalue weighted by molar-refractivity contribution is 6.04. The Labute approximate surface area is 129 Å². The van der Waals surface area contributed by atoms with Gasteiger partial charge < -0.3 is 19.4 Å². The standard InChI is InChI=1S/C16H21N3O3/c1-16(2)9-19(7-11(22-16)8-21-3)15(20)12-5-4-6-13-14(12)18-10-17-13/h4-6,10-11H,7-9H2,1-3H3,(H,17,18)/t11-/m1/s1. The molecule has 1 atom stereocenters. The summed E-state index contributed by atoms with van der Waals surface area (Å²) < 4.78 is 11.1. The minimum Gasteiger partial charge on any atom is -0.382 e. The predicted octanol–water partition coefficient (Wildman–Crippen LogP) is 1.83. The number of fused-ring (bicyclic) bond motifs is 1. The number of hydrogen-bond donors (Lipinski definition) is 1. The number of methoxy groups -OCH3 is 1. The average molecular weight is 303 g/mol. The summed E-state index contributed by atoms with van der Waals surface area (Å²) in [7, 11) is 1.64. The molecule has 1 aromatic heterocycles. The van der Waals surface area contributed by atoms with Gasteiger partial charge in [0.2, 0.25) is 0 Å². The van der Waals surface area contributed by atoms with E-state index in [0.29, 0.717) is 30.8 Å². The maximum Gasteiger partial charge on any atom is 0.256 e. The molecule has 118 valence electrons. The quantitative estimate of drug-likeness (QED) is 0.939. The number of imidazole rings is 1. The second-order valence-electron chi connectivity index (χ2n) is 6.24. The fraction of sp³-hybridized carbons (Fsp3) is 0.500. The molecule has 0 radical (unpaired) electrons. The summed E-state index contributed by atoms with van der Waals surface area (Å²) in [5.41, 5.74) is 1.80. The van der Waals surface area contributed by atoms with E-state index in [9.17, 15) is 4.79 Å². The molecule has 2 heterocycles. The number of nitrogens with zero attached hydrogens (tertiary/aromatic N) is 2. The summed E-state index contributed by atoms with van der Waals surface area (Å²) >= 11 is 0. The van der Waals surface area contributed by atoms with Gasteiger partial charge in [0.05, 0.1) is 35.7 Å². The van der Waals surface area contributed by atoms with E-state index in [2.05, 4.69) is 9.97 Å². The highest BCUT2D eigenvalue weighted by Crippen LogP contribution is 2.24. The predicted molar refractivity (Wildman–Crippen MR) is 82.8 cm³/mol. The number of carbonyl (C=O) groups is 1. The second-order valence-corrected chi connectivity index (χ2v) is 6.24. The van der Waals surface area contributed by atoms with Gasteiger partial charge >= 0.3 is 0 Å². The van der Waals surface area contributed by atoms with Crippen molar-refractivity contribution in [2.24, 2.45) is 0 Å². The molecule has 0 unspecified atom stereocenters. The smallest absolute Gasteiger partial charge is 0.256 e. The van der Waals surface area contributed by atoms with Crippen LogP contribution in [0.4, 0.5) is 0 Å². The molecular formula is C16H21N3O3. The summed E-state index contributed by atoms with van der Waals surface area (Å²) in [6, 6.07) is 5.60. The number of nitrogens with one attached hydrogen (secondary N) is 1. The first-order valence-electron chi connectivity index (χ1n) is 7.38. The Morgan fingerprint density at radius 1 is 1.55 bits per heavy atom. The number of rotatable bonds is 3. The molecule has 3 rings (SSSR count). The van der Waals surface area contributed by atoms with Crippen LogP contribution in [-0.2, 0) is 9.47 Å². The zero-order chi connectivity index (χ0) is 15.7. The van der Waals surface area contributed by atoms with Crippen molar-refractivity contribution in [1.82, 2.24) is 14.9 Å². The lowest BCUT2D eigenvalue weighted by atomic mass is 10.0. The molecule has 6 nitrogen and oxygen atoms in total. The van der Waals surface area contributed by atoms with Crippen LogP contribution in [0.3, 0.4) is 0 Å². The lowest BCUT2D eigenvalue weighted by Crippen LogP contribution is -2.55. The molecule has 1 aliphatic rings. The summed E-state index contributed by atoms with van der Waals surface area (Å²) in [6.07, 6.45) is 1.49. The van der Waals surface area contributed by atoms with Crippen LogP contribution >= 0.6 is 0 Å². The number of benzene rings is 1. The minimum absolute atomic E-state index is 0.0184. The van der Waals surface area contributed by atoms with E-state index in [4.69, 9.17) is 9.47 Å². The van der Waals surface area contributed by atoms with Gasteiger partial charge in [0.1, 0.15) is 5.52 Å². The molecule has 2 aromatic rings. The van der Waals surface area contributed by atoms with Crippen LogP contribution in [0.25, 0.3) is 11.0 Å². The van der Waals surface area contributed by atoms with E-state index >= 15 is 0 Å². The minimum atomic E-state index is -0.392. The number of ether oxygens (including phenoxy) is 2. The Kier molecular flexibility index (Phi) is 3.88. The lowest BCUT2D eigenvalue weighted by molar-refractivity contribution is -0.143. The fourth-order valence-corrected chi connectivity index (χ4v) is 3.03. The van der Waals surface area contributed by atoms with E-state index in [1.54, 1.807) is 13.4 Å². The van der Waals surface area contributed by atoms with Crippen molar-refractivity contribution in [3.05, 3.63) is 30.1 Å². The zero-order valence-corrected chi connectivity index (χ0v) is 13.1. The van der Waals surface area contributed by atoms with Crippen molar-refractivity contribution in [3.8, 4) is 0 Å². The first-order chi connectivity index (χ1) is 10.5. The van der Waals surface area contributed by atoms with Crippen molar-refractivity contribution < 1.29 is 14.3 Å². The van der Waals surface area contributed by atoms with Crippen LogP contribution in [0, 0.1) is 0 Å². The maximum atomic E-state index is 12.9. The van der Waals surface area contributed by atoms with Crippen molar-refractivity contribution in [2.45, 2.75) is 25.6 Å². The Morgan fingerprint density at radius 2 is 2.36 bits per heavy atom. The molecule has 1 aliphatic heterocycles. The van der Waals surface area contributed by atoms with Crippen molar-refractivity contribution >= 4 is 16.9 Å². The molecule has 1 fully saturated rings. The highest BCUT2D eigenvalue weighted by Gasteiger charge is 2.36. The van der Waals surface area contributed by atoms with Crippen LogP contribution in [0.1, 0.15) is 24.2 Å². The number of para-hydroxylation sites is 1. The van der Waals surface area contributed by atoms with Gasteiger partial charge in [-0.05, 0) is 26.0 Å². The third kappa shape index (κ3) is 2.84. The van der Waals surface area contributed by atoms with E-state index in [1.165, 1.54) is 0 Å². The van der Waals surface area contributed by atoms with Gasteiger partial charge in [-0.2, -0.15) is 0 Å². The molecule has 1 N–H and O–H groups in total. The first kappa shape index (κ1) is 15.0. The lowest BCUT2D eigenvalue weighted by Gasteiger charge is -2.42. The van der Waals surface area contributed by atoms with E-state index in [0.717, 1.165) is 5.52 Å². The van der Waals surface area contributed by atoms with Gasteiger partial charge in [-0.25, -0.2) is 4.98 Å². The largest absolute Gasteiger partial charge is 0.382 e. The maximum absolute atomic E-state index is 12.9. The molecule has 1 amide bonds. The summed E-state index contributed by atoms with van der Waals surface area (Å²) in [5, 5.41) is 0. The molecule has 0 saturated carbocycles. The monoisotopic (exact) mass is 303 g/mol. The van der Waals surface area contributed by atoms with E-state index in [-0.39, 0.29) is 12.0 Å². The van der Waals surface area contributed by atoms with Crippen LogP contribution in [0.5, 0.6) is 0 Å². The van der Waals surface area contributed by atoms with Crippen molar-refractivity contribution in [2.75, 3.05) is 26.8 Å². The number of H-pyrrole nitrogens is 1. The SMILES string of the molecule is COC[C@H]1CN(C(=O)c2cccc3[nH]cnc23)CC(C)(C)O1. The summed E-state index contributed by atoms with van der Waals surface area (Å²) in [6.45, 7) is 5.53. The number of aromatic nitrogens is 2. The molecule has 0 aliphatic carbocycles. The van der Waals surface area contributed by atoms with Gasteiger partial charge in [0.25, 0.3) is 5.91 Å². The second kappa shape index (κ2) is 5.70. The third-order valence-corrected chi connectivity index (χ3v) is 3.80. The van der Waals surface area contributed by atoms with Crippen molar-refractivity contribution in [3.63, 3.8) is 0 Å². The Morgan fingerprint density at radius 3 is 3.14 bits per heavy atom. The van der Waals surface area contributed by atoms with Crippen molar-refractivity contribution in [1.29, 1.82) is 0 Å². The molecule has 1 saturated heterocycles. The van der Waals surface area contributed by atoms with Crippen LogP contribution in [0.2, 0.25) is 0 Å². The Balaban J connectivity index is 1.89. The zero-order valence-electron chi connectivity index (χ0n) is 13.1. The van der Waals surface area contributed by atoms with Gasteiger partial charge in [-0.15, -0.1) is 0 Å². The Hall–Kier alpha value is -1.92. The van der Waals surface area contributed by atoms with Crippen LogP contribution in [0.15, 0.2) is 24.5 Å². The third-order valence-electron chi connectivity index (χ3n) is 3.80. The average Bonchev–Trinajstić information content (AvgIpc) is 2.93. The van der Waals surface area contributed by atoms with Gasteiger partial charge in [0.15, 0.2) is 0 Å². The molecule has 0 spiro atoms. The number of amides is 1. The number of morpholine rings is 1. The van der Waals surface area contributed by atoms with Gasteiger partial charge in [-0.1, -0.05) is 6.07 Å². The number of hydrogen-bond acceptors (Lipinski definition) is 4. The summed E-state index contributed by atoms with van der Waals surface area (Å²) in [5.74, 6) is -0.0184. The Bertz CT molecular complexity index is 680. The summed E-state index contributed by atoms with van der Waals surface area (Å²) in [4.78, 5) is 22.1. The van der Waals surface area contributed by atoms with Gasteiger partial charge in [-0.3, -0.25) is 4.79 Å². The topological polar surface area (TPSA) is 67.5 Å². The molecule has 22 heavy (non-hydrogen) atoms. The van der Waals surface area contributed by atoms with Crippen LogP contribution in [-0.4, -0.2) is 59.3 Å².